The number of phenolic OH excluding ortho intramolecular Hbond substituents is 1. The number of anilines is 1. The first-order chi connectivity index (χ1) is 8.81. The van der Waals surface area contributed by atoms with Crippen molar-refractivity contribution in [3.63, 3.8) is 0 Å². The van der Waals surface area contributed by atoms with Crippen molar-refractivity contribution in [2.24, 2.45) is 5.92 Å². The molecule has 1 aromatic carbocycles. The Labute approximate surface area is 113 Å². The number of hydrogen-bond acceptors (Lipinski definition) is 3. The molecule has 0 saturated heterocycles. The molecule has 5 heteroatoms. The van der Waals surface area contributed by atoms with Crippen LogP contribution in [0.2, 0.25) is 0 Å². The number of carbonyl (C=O) groups is 2. The molecule has 0 bridgehead atoms. The standard InChI is InChI=1S/C14H20N2O3/c1-8(2)13(15-10(4)17)14(19)16-11-6-5-9(3)7-12(11)18/h5-8,13,18H,1-4H3,(H,15,17)(H,16,19)/t13-/m0/s1. The molecule has 0 aliphatic carbocycles. The number of rotatable bonds is 4. The zero-order valence-electron chi connectivity index (χ0n) is 11.7. The molecule has 0 radical (unpaired) electrons. The molecule has 1 aromatic rings. The van der Waals surface area contributed by atoms with Crippen LogP contribution in [0.15, 0.2) is 18.2 Å². The minimum absolute atomic E-state index is 0.0127. The average molecular weight is 264 g/mol. The lowest BCUT2D eigenvalue weighted by molar-refractivity contribution is -0.126. The normalized spacial score (nSPS) is 12.1. The van der Waals surface area contributed by atoms with Crippen molar-refractivity contribution in [2.45, 2.75) is 33.7 Å². The SMILES string of the molecule is CC(=O)N[C@H](C(=O)Nc1ccc(C)cc1O)C(C)C. The summed E-state index contributed by atoms with van der Waals surface area (Å²) >= 11 is 0. The largest absolute Gasteiger partial charge is 0.506 e. The van der Waals surface area contributed by atoms with Crippen molar-refractivity contribution in [3.05, 3.63) is 23.8 Å². The lowest BCUT2D eigenvalue weighted by Gasteiger charge is -2.21. The minimum atomic E-state index is -0.627. The van der Waals surface area contributed by atoms with Crippen molar-refractivity contribution in [2.75, 3.05) is 5.32 Å². The van der Waals surface area contributed by atoms with E-state index in [0.29, 0.717) is 5.69 Å². The molecule has 1 rings (SSSR count). The lowest BCUT2D eigenvalue weighted by Crippen LogP contribution is -2.46. The summed E-state index contributed by atoms with van der Waals surface area (Å²) in [6.07, 6.45) is 0. The van der Waals surface area contributed by atoms with E-state index >= 15 is 0 Å². The molecule has 0 aromatic heterocycles. The molecule has 0 heterocycles. The lowest BCUT2D eigenvalue weighted by atomic mass is 10.0. The number of benzene rings is 1. The quantitative estimate of drug-likeness (QED) is 0.726. The Morgan fingerprint density at radius 3 is 2.37 bits per heavy atom. The van der Waals surface area contributed by atoms with Gasteiger partial charge >= 0.3 is 0 Å². The van der Waals surface area contributed by atoms with Crippen LogP contribution >= 0.6 is 0 Å². The summed E-state index contributed by atoms with van der Waals surface area (Å²) in [4.78, 5) is 23.2. The van der Waals surface area contributed by atoms with Gasteiger partial charge in [0.25, 0.3) is 0 Å². The molecule has 5 nitrogen and oxygen atoms in total. The highest BCUT2D eigenvalue weighted by Crippen LogP contribution is 2.24. The van der Waals surface area contributed by atoms with Crippen LogP contribution in [-0.2, 0) is 9.59 Å². The third-order valence-corrected chi connectivity index (χ3v) is 2.72. The Morgan fingerprint density at radius 2 is 1.89 bits per heavy atom. The molecule has 0 aliphatic heterocycles. The van der Waals surface area contributed by atoms with E-state index in [4.69, 9.17) is 0 Å². The van der Waals surface area contributed by atoms with Gasteiger partial charge < -0.3 is 15.7 Å². The molecule has 3 N–H and O–H groups in total. The second kappa shape index (κ2) is 6.22. The van der Waals surface area contributed by atoms with E-state index in [-0.39, 0.29) is 23.5 Å². The molecular weight excluding hydrogens is 244 g/mol. The molecule has 2 amide bonds. The zero-order chi connectivity index (χ0) is 14.6. The van der Waals surface area contributed by atoms with Gasteiger partial charge in [0.05, 0.1) is 5.69 Å². The first-order valence-electron chi connectivity index (χ1n) is 6.19. The number of phenols is 1. The van der Waals surface area contributed by atoms with Gasteiger partial charge in [-0.2, -0.15) is 0 Å². The van der Waals surface area contributed by atoms with Crippen LogP contribution in [0, 0.1) is 12.8 Å². The van der Waals surface area contributed by atoms with E-state index in [1.165, 1.54) is 6.92 Å². The molecular formula is C14H20N2O3. The molecule has 1 atom stereocenters. The van der Waals surface area contributed by atoms with Gasteiger partial charge in [-0.1, -0.05) is 19.9 Å². The van der Waals surface area contributed by atoms with Crippen molar-refractivity contribution in [1.82, 2.24) is 5.32 Å². The van der Waals surface area contributed by atoms with Gasteiger partial charge in [0.2, 0.25) is 11.8 Å². The number of amides is 2. The molecule has 0 aliphatic rings. The van der Waals surface area contributed by atoms with Crippen molar-refractivity contribution < 1.29 is 14.7 Å². The molecule has 0 fully saturated rings. The summed E-state index contributed by atoms with van der Waals surface area (Å²) in [5.41, 5.74) is 1.24. The monoisotopic (exact) mass is 264 g/mol. The van der Waals surface area contributed by atoms with Crippen LogP contribution < -0.4 is 10.6 Å². The highest BCUT2D eigenvalue weighted by Gasteiger charge is 2.23. The highest BCUT2D eigenvalue weighted by molar-refractivity contribution is 5.98. The second-order valence-corrected chi connectivity index (χ2v) is 4.93. The van der Waals surface area contributed by atoms with E-state index in [1.807, 2.05) is 20.8 Å². The zero-order valence-corrected chi connectivity index (χ0v) is 11.7. The summed E-state index contributed by atoms with van der Waals surface area (Å²) in [5.74, 6) is -0.637. The van der Waals surface area contributed by atoms with Crippen LogP contribution in [0.1, 0.15) is 26.3 Å². The predicted octanol–water partition coefficient (Wildman–Crippen LogP) is 1.80. The van der Waals surface area contributed by atoms with Gasteiger partial charge in [-0.15, -0.1) is 0 Å². The number of aromatic hydroxyl groups is 1. The van der Waals surface area contributed by atoms with Crippen LogP contribution in [0.5, 0.6) is 5.75 Å². The molecule has 19 heavy (non-hydrogen) atoms. The van der Waals surface area contributed by atoms with E-state index < -0.39 is 6.04 Å². The molecule has 0 unspecified atom stereocenters. The fourth-order valence-electron chi connectivity index (χ4n) is 1.71. The van der Waals surface area contributed by atoms with Crippen molar-refractivity contribution in [1.29, 1.82) is 0 Å². The van der Waals surface area contributed by atoms with Gasteiger partial charge in [-0.05, 0) is 30.5 Å². The van der Waals surface area contributed by atoms with Crippen molar-refractivity contribution >= 4 is 17.5 Å². The first-order valence-corrected chi connectivity index (χ1v) is 6.19. The molecule has 0 spiro atoms. The number of hydrogen-bond donors (Lipinski definition) is 3. The molecule has 0 saturated carbocycles. The Hall–Kier alpha value is -2.04. The Kier molecular flexibility index (Phi) is 4.92. The number of aryl methyl sites for hydroxylation is 1. The van der Waals surface area contributed by atoms with Gasteiger partial charge in [-0.25, -0.2) is 0 Å². The number of carbonyl (C=O) groups excluding carboxylic acids is 2. The molecule has 104 valence electrons. The van der Waals surface area contributed by atoms with E-state index in [0.717, 1.165) is 5.56 Å². The topological polar surface area (TPSA) is 78.4 Å². The summed E-state index contributed by atoms with van der Waals surface area (Å²) in [6, 6.07) is 4.36. The Bertz CT molecular complexity index is 484. The van der Waals surface area contributed by atoms with E-state index in [9.17, 15) is 14.7 Å². The predicted molar refractivity (Wildman–Crippen MR) is 73.9 cm³/mol. The average Bonchev–Trinajstić information content (AvgIpc) is 2.29. The van der Waals surface area contributed by atoms with Crippen LogP contribution in [-0.4, -0.2) is 23.0 Å². The second-order valence-electron chi connectivity index (χ2n) is 4.93. The summed E-state index contributed by atoms with van der Waals surface area (Å²) in [6.45, 7) is 6.90. The third kappa shape index (κ3) is 4.28. The fourth-order valence-corrected chi connectivity index (χ4v) is 1.71. The van der Waals surface area contributed by atoms with Gasteiger partial charge in [0.15, 0.2) is 0 Å². The smallest absolute Gasteiger partial charge is 0.247 e. The highest BCUT2D eigenvalue weighted by atomic mass is 16.3. The minimum Gasteiger partial charge on any atom is -0.506 e. The van der Waals surface area contributed by atoms with E-state index in [1.54, 1.807) is 18.2 Å². The van der Waals surface area contributed by atoms with Gasteiger partial charge in [0, 0.05) is 6.92 Å². The van der Waals surface area contributed by atoms with Crippen LogP contribution in [0.25, 0.3) is 0 Å². The fraction of sp³-hybridized carbons (Fsp3) is 0.429. The maximum absolute atomic E-state index is 12.1. The maximum atomic E-state index is 12.1. The summed E-state index contributed by atoms with van der Waals surface area (Å²) in [5, 5.41) is 15.0. The first kappa shape index (κ1) is 15.0. The third-order valence-electron chi connectivity index (χ3n) is 2.72. The van der Waals surface area contributed by atoms with Crippen molar-refractivity contribution in [3.8, 4) is 5.75 Å². The van der Waals surface area contributed by atoms with Gasteiger partial charge in [-0.3, -0.25) is 9.59 Å². The van der Waals surface area contributed by atoms with Crippen LogP contribution in [0.4, 0.5) is 5.69 Å². The Morgan fingerprint density at radius 1 is 1.26 bits per heavy atom. The summed E-state index contributed by atoms with van der Waals surface area (Å²) in [7, 11) is 0. The number of nitrogens with one attached hydrogen (secondary N) is 2. The maximum Gasteiger partial charge on any atom is 0.247 e. The summed E-state index contributed by atoms with van der Waals surface area (Å²) < 4.78 is 0. The van der Waals surface area contributed by atoms with Gasteiger partial charge in [0.1, 0.15) is 11.8 Å². The van der Waals surface area contributed by atoms with Crippen LogP contribution in [0.3, 0.4) is 0 Å². The Balaban J connectivity index is 2.84. The van der Waals surface area contributed by atoms with E-state index in [2.05, 4.69) is 10.6 Å².